The van der Waals surface area contributed by atoms with Crippen molar-refractivity contribution in [2.75, 3.05) is 34.4 Å². The fourth-order valence-corrected chi connectivity index (χ4v) is 3.65. The fraction of sp³-hybridized carbons (Fsp3) is 0.429. The Bertz CT molecular complexity index is 1100. The number of esters is 2. The Balaban J connectivity index is 0.000000176. The number of carbonyl (C=O) groups excluding carboxylic acids is 2. The maximum atomic E-state index is 12.0. The second kappa shape index (κ2) is 9.71. The van der Waals surface area contributed by atoms with E-state index in [0.29, 0.717) is 37.1 Å². The summed E-state index contributed by atoms with van der Waals surface area (Å²) >= 11 is 0. The monoisotopic (exact) mass is 430 g/mol. The average Bonchev–Trinajstić information content (AvgIpc) is 2.79. The van der Waals surface area contributed by atoms with Crippen LogP contribution in [0.5, 0.6) is 0 Å². The number of hydrogen-bond acceptors (Lipinski definition) is 8. The first kappa shape index (κ1) is 22.4. The van der Waals surface area contributed by atoms with E-state index in [2.05, 4.69) is 29.7 Å². The van der Waals surface area contributed by atoms with E-state index in [1.54, 1.807) is 0 Å². The molecule has 2 aliphatic heterocycles. The number of carbonyl (C=O) groups is 2. The minimum absolute atomic E-state index is 0.0816. The second-order valence-corrected chi connectivity index (χ2v) is 7.37. The van der Waals surface area contributed by atoms with Gasteiger partial charge in [-0.1, -0.05) is 0 Å². The summed E-state index contributed by atoms with van der Waals surface area (Å²) in [5.41, 5.74) is 2.91. The van der Waals surface area contributed by atoms with Crippen molar-refractivity contribution in [1.82, 2.24) is 20.2 Å². The molecule has 166 valence electrons. The molecular formula is C21H26N4O6. The lowest BCUT2D eigenvalue weighted by atomic mass is 10.0. The summed E-state index contributed by atoms with van der Waals surface area (Å²) in [6.07, 6.45) is 4.17. The molecule has 0 bridgehead atoms. The lowest BCUT2D eigenvalue weighted by Gasteiger charge is -2.24. The summed E-state index contributed by atoms with van der Waals surface area (Å²) in [5.74, 6) is -1.17. The molecule has 2 aliphatic rings. The van der Waals surface area contributed by atoms with Gasteiger partial charge in [-0.3, -0.25) is 9.59 Å². The molecule has 0 aliphatic carbocycles. The number of nitrogens with one attached hydrogen (secondary N) is 3. The van der Waals surface area contributed by atoms with Crippen LogP contribution in [0.4, 0.5) is 0 Å². The number of aromatic amines is 2. The third-order valence-electron chi connectivity index (χ3n) is 5.38. The highest BCUT2D eigenvalue weighted by molar-refractivity contribution is 5.89. The van der Waals surface area contributed by atoms with E-state index in [-0.39, 0.29) is 22.0 Å². The molecule has 0 spiro atoms. The van der Waals surface area contributed by atoms with Crippen LogP contribution < -0.4 is 16.2 Å². The number of methoxy groups -OCH3 is 2. The number of likely N-dealkylation sites (N-methyl/N-ethyl adjacent to an activating group) is 1. The Kier molecular flexibility index (Phi) is 7.03. The maximum Gasteiger partial charge on any atom is 0.343 e. The lowest BCUT2D eigenvalue weighted by molar-refractivity contribution is 0.0589. The third-order valence-corrected chi connectivity index (χ3v) is 5.38. The first-order valence-corrected chi connectivity index (χ1v) is 9.90. The highest BCUT2D eigenvalue weighted by atomic mass is 16.5. The molecule has 4 rings (SSSR count). The molecule has 3 N–H and O–H groups in total. The van der Waals surface area contributed by atoms with E-state index in [4.69, 9.17) is 0 Å². The van der Waals surface area contributed by atoms with E-state index in [1.807, 2.05) is 7.05 Å². The van der Waals surface area contributed by atoms with Gasteiger partial charge in [0, 0.05) is 54.5 Å². The first-order chi connectivity index (χ1) is 14.9. The van der Waals surface area contributed by atoms with Crippen LogP contribution in [0.2, 0.25) is 0 Å². The van der Waals surface area contributed by atoms with Gasteiger partial charge in [0.15, 0.2) is 10.9 Å². The minimum atomic E-state index is -0.586. The SMILES string of the molecule is COC(=O)c1c[nH]c2c(c1=O)CCN(C)C2.COC(=O)c1c[nH]c2c(c1=O)CCNC2. The van der Waals surface area contributed by atoms with Crippen LogP contribution in [0.3, 0.4) is 0 Å². The van der Waals surface area contributed by atoms with Gasteiger partial charge in [0.1, 0.15) is 11.1 Å². The summed E-state index contributed by atoms with van der Waals surface area (Å²) in [5, 5.41) is 3.14. The Morgan fingerprint density at radius 3 is 2.03 bits per heavy atom. The largest absolute Gasteiger partial charge is 0.465 e. The molecule has 31 heavy (non-hydrogen) atoms. The zero-order valence-electron chi connectivity index (χ0n) is 17.8. The predicted molar refractivity (Wildman–Crippen MR) is 112 cm³/mol. The van der Waals surface area contributed by atoms with Gasteiger partial charge >= 0.3 is 11.9 Å². The lowest BCUT2D eigenvalue weighted by Crippen LogP contribution is -2.33. The molecule has 0 saturated heterocycles. The van der Waals surface area contributed by atoms with Crippen molar-refractivity contribution >= 4 is 11.9 Å². The standard InChI is InChI=1S/C11H14N2O3.C10H12N2O3/c1-13-4-3-7-9(6-13)12-5-8(10(7)14)11(15)16-2;1-15-10(14)7-4-12-8-5-11-3-2-6(8)9(7)13/h5H,3-4,6H2,1-2H3,(H,12,14);4,11H,2-3,5H2,1H3,(H,12,13). The second-order valence-electron chi connectivity index (χ2n) is 7.37. The molecule has 0 radical (unpaired) electrons. The van der Waals surface area contributed by atoms with Crippen LogP contribution in [0.1, 0.15) is 43.2 Å². The van der Waals surface area contributed by atoms with Crippen LogP contribution in [0, 0.1) is 0 Å². The van der Waals surface area contributed by atoms with E-state index < -0.39 is 11.9 Å². The molecular weight excluding hydrogens is 404 g/mol. The van der Waals surface area contributed by atoms with Gasteiger partial charge in [-0.05, 0) is 26.4 Å². The smallest absolute Gasteiger partial charge is 0.343 e. The number of rotatable bonds is 2. The number of hydrogen-bond donors (Lipinski definition) is 3. The Morgan fingerprint density at radius 1 is 0.903 bits per heavy atom. The molecule has 2 aromatic rings. The van der Waals surface area contributed by atoms with Gasteiger partial charge in [-0.25, -0.2) is 9.59 Å². The van der Waals surface area contributed by atoms with Crippen molar-refractivity contribution in [2.24, 2.45) is 0 Å². The van der Waals surface area contributed by atoms with Crippen LogP contribution in [-0.4, -0.2) is 61.2 Å². The third kappa shape index (κ3) is 4.75. The highest BCUT2D eigenvalue weighted by Gasteiger charge is 2.21. The normalized spacial score (nSPS) is 15.1. The summed E-state index contributed by atoms with van der Waals surface area (Å²) in [6.45, 7) is 2.96. The van der Waals surface area contributed by atoms with Crippen LogP contribution in [0.15, 0.2) is 22.0 Å². The predicted octanol–water partition coefficient (Wildman–Crippen LogP) is -0.0434. The Hall–Kier alpha value is -3.24. The highest BCUT2D eigenvalue weighted by Crippen LogP contribution is 2.13. The molecule has 0 saturated carbocycles. The van der Waals surface area contributed by atoms with Crippen molar-refractivity contribution in [3.8, 4) is 0 Å². The molecule has 0 fully saturated rings. The van der Waals surface area contributed by atoms with Crippen molar-refractivity contribution in [3.05, 3.63) is 66.5 Å². The van der Waals surface area contributed by atoms with E-state index in [9.17, 15) is 19.2 Å². The van der Waals surface area contributed by atoms with Gasteiger partial charge in [0.05, 0.1) is 14.2 Å². The number of aromatic nitrogens is 2. The van der Waals surface area contributed by atoms with E-state index in [1.165, 1.54) is 26.6 Å². The van der Waals surface area contributed by atoms with Crippen molar-refractivity contribution in [3.63, 3.8) is 0 Å². The molecule has 0 aromatic carbocycles. The molecule has 4 heterocycles. The van der Waals surface area contributed by atoms with Gasteiger partial charge in [-0.2, -0.15) is 0 Å². The summed E-state index contributed by atoms with van der Waals surface area (Å²) < 4.78 is 9.09. The van der Waals surface area contributed by atoms with Crippen molar-refractivity contribution < 1.29 is 19.1 Å². The number of ether oxygens (including phenoxy) is 2. The van der Waals surface area contributed by atoms with Gasteiger partial charge in [0.25, 0.3) is 0 Å². The Labute approximate surface area is 178 Å². The molecule has 2 aromatic heterocycles. The summed E-state index contributed by atoms with van der Waals surface area (Å²) in [7, 11) is 4.53. The van der Waals surface area contributed by atoms with E-state index in [0.717, 1.165) is 24.5 Å². The fourth-order valence-electron chi connectivity index (χ4n) is 3.65. The average molecular weight is 430 g/mol. The quantitative estimate of drug-likeness (QED) is 0.565. The van der Waals surface area contributed by atoms with Crippen molar-refractivity contribution in [2.45, 2.75) is 25.9 Å². The van der Waals surface area contributed by atoms with Crippen LogP contribution in [0.25, 0.3) is 0 Å². The van der Waals surface area contributed by atoms with Gasteiger partial charge in [-0.15, -0.1) is 0 Å². The van der Waals surface area contributed by atoms with Crippen LogP contribution >= 0.6 is 0 Å². The zero-order chi connectivity index (χ0) is 22.5. The van der Waals surface area contributed by atoms with Gasteiger partial charge in [0.2, 0.25) is 0 Å². The maximum absolute atomic E-state index is 12.0. The molecule has 0 unspecified atom stereocenters. The molecule has 10 heteroatoms. The molecule has 10 nitrogen and oxygen atoms in total. The van der Waals surface area contributed by atoms with Crippen molar-refractivity contribution in [1.29, 1.82) is 0 Å². The molecule has 0 amide bonds. The number of nitrogens with zero attached hydrogens (tertiary/aromatic N) is 1. The number of H-pyrrole nitrogens is 2. The zero-order valence-corrected chi connectivity index (χ0v) is 17.8. The van der Waals surface area contributed by atoms with Crippen LogP contribution in [-0.2, 0) is 35.4 Å². The number of fused-ring (bicyclic) bond motifs is 2. The number of pyridine rings is 2. The summed E-state index contributed by atoms with van der Waals surface area (Å²) in [4.78, 5) is 54.5. The Morgan fingerprint density at radius 2 is 1.45 bits per heavy atom. The first-order valence-electron chi connectivity index (χ1n) is 9.90. The summed E-state index contributed by atoms with van der Waals surface area (Å²) in [6, 6.07) is 0. The minimum Gasteiger partial charge on any atom is -0.465 e. The van der Waals surface area contributed by atoms with E-state index >= 15 is 0 Å². The molecule has 0 atom stereocenters. The topological polar surface area (TPSA) is 134 Å². The van der Waals surface area contributed by atoms with Gasteiger partial charge < -0.3 is 29.7 Å².